The predicted octanol–water partition coefficient (Wildman–Crippen LogP) is 4.04. The molecule has 3 nitrogen and oxygen atoms in total. The van der Waals surface area contributed by atoms with E-state index in [9.17, 15) is 0 Å². The molecule has 1 heterocycles. The lowest BCUT2D eigenvalue weighted by atomic mass is 10.1. The molecule has 0 spiro atoms. The Bertz CT molecular complexity index is 774. The maximum Gasteiger partial charge on any atom is 0.130 e. The molecule has 2 N–H and O–H groups in total. The number of pyridine rings is 1. The van der Waals surface area contributed by atoms with Crippen LogP contribution in [0.1, 0.15) is 11.4 Å². The largest absolute Gasteiger partial charge is 0.487 e. The highest BCUT2D eigenvalue weighted by Gasteiger charge is 2.01. The van der Waals surface area contributed by atoms with Crippen molar-refractivity contribution in [2.45, 2.75) is 13.2 Å². The first-order valence-corrected chi connectivity index (χ1v) is 7.51. The summed E-state index contributed by atoms with van der Waals surface area (Å²) in [6.07, 6.45) is 0. The van der Waals surface area contributed by atoms with E-state index in [1.54, 1.807) is 0 Å². The zero-order valence-corrected chi connectivity index (χ0v) is 13.0. The summed E-state index contributed by atoms with van der Waals surface area (Å²) in [7, 11) is 0. The summed E-state index contributed by atoms with van der Waals surface area (Å²) in [5.41, 5.74) is 7.35. The molecule has 0 fully saturated rings. The fourth-order valence-electron chi connectivity index (χ4n) is 2.17. The molecule has 3 aromatic rings. The molecule has 0 unspecified atom stereocenters. The molecule has 106 valence electrons. The van der Waals surface area contributed by atoms with Crippen LogP contribution in [-0.4, -0.2) is 4.98 Å². The van der Waals surface area contributed by atoms with Gasteiger partial charge in [0.25, 0.3) is 0 Å². The second kappa shape index (κ2) is 6.24. The van der Waals surface area contributed by atoms with Crippen molar-refractivity contribution in [1.29, 1.82) is 0 Å². The molecule has 0 bridgehead atoms. The Morgan fingerprint density at radius 3 is 2.57 bits per heavy atom. The first-order chi connectivity index (χ1) is 10.2. The third-order valence-electron chi connectivity index (χ3n) is 3.23. The van der Waals surface area contributed by atoms with Crippen LogP contribution in [0.5, 0.6) is 5.75 Å². The van der Waals surface area contributed by atoms with E-state index in [0.717, 1.165) is 27.0 Å². The molecule has 0 amide bonds. The third kappa shape index (κ3) is 3.40. The highest BCUT2D eigenvalue weighted by Crippen LogP contribution is 2.24. The lowest BCUT2D eigenvalue weighted by Crippen LogP contribution is -2.04. The fraction of sp³-hybridized carbons (Fsp3) is 0.118. The minimum Gasteiger partial charge on any atom is -0.487 e. The average molecular weight is 343 g/mol. The molecule has 0 radical (unpaired) electrons. The number of nitrogens with two attached hydrogens (primary N) is 1. The number of rotatable bonds is 4. The van der Waals surface area contributed by atoms with Crippen LogP contribution in [0.3, 0.4) is 0 Å². The molecule has 0 saturated carbocycles. The highest BCUT2D eigenvalue weighted by molar-refractivity contribution is 9.10. The van der Waals surface area contributed by atoms with Crippen molar-refractivity contribution >= 4 is 26.7 Å². The minimum atomic E-state index is 0.440. The van der Waals surface area contributed by atoms with E-state index < -0.39 is 0 Å². The van der Waals surface area contributed by atoms with Gasteiger partial charge in [0, 0.05) is 11.0 Å². The number of benzene rings is 2. The van der Waals surface area contributed by atoms with Crippen molar-refractivity contribution in [1.82, 2.24) is 4.98 Å². The van der Waals surface area contributed by atoms with Gasteiger partial charge in [0.1, 0.15) is 12.4 Å². The van der Waals surface area contributed by atoms with Gasteiger partial charge in [0.2, 0.25) is 0 Å². The van der Waals surface area contributed by atoms with Crippen LogP contribution in [0, 0.1) is 0 Å². The van der Waals surface area contributed by atoms with Crippen molar-refractivity contribution in [2.75, 3.05) is 0 Å². The van der Waals surface area contributed by atoms with Gasteiger partial charge in [0.05, 0.1) is 11.4 Å². The van der Waals surface area contributed by atoms with Gasteiger partial charge in [-0.15, -0.1) is 0 Å². The lowest BCUT2D eigenvalue weighted by Gasteiger charge is -2.08. The molecular formula is C17H15BrN2O. The lowest BCUT2D eigenvalue weighted by molar-refractivity contribution is 0.301. The summed E-state index contributed by atoms with van der Waals surface area (Å²) in [6, 6.07) is 18.1. The van der Waals surface area contributed by atoms with Gasteiger partial charge in [-0.25, -0.2) is 0 Å². The molecular weight excluding hydrogens is 328 g/mol. The Labute approximate surface area is 131 Å². The molecule has 4 heteroatoms. The monoisotopic (exact) mass is 342 g/mol. The quantitative estimate of drug-likeness (QED) is 0.778. The SMILES string of the molecule is NCc1cccc(COc2ccc3cc(Br)ccc3c2)n1. The van der Waals surface area contributed by atoms with Crippen LogP contribution in [0.2, 0.25) is 0 Å². The van der Waals surface area contributed by atoms with E-state index in [1.807, 2.05) is 36.4 Å². The van der Waals surface area contributed by atoms with Gasteiger partial charge in [-0.3, -0.25) is 4.98 Å². The summed E-state index contributed by atoms with van der Waals surface area (Å²) in [6.45, 7) is 0.883. The molecule has 0 aliphatic rings. The van der Waals surface area contributed by atoms with Gasteiger partial charge in [-0.05, 0) is 47.2 Å². The Morgan fingerprint density at radius 2 is 1.71 bits per heavy atom. The van der Waals surface area contributed by atoms with E-state index in [4.69, 9.17) is 10.5 Å². The Hall–Kier alpha value is -1.91. The van der Waals surface area contributed by atoms with Gasteiger partial charge in [-0.1, -0.05) is 34.1 Å². The summed E-state index contributed by atoms with van der Waals surface area (Å²) < 4.78 is 6.89. The zero-order valence-electron chi connectivity index (χ0n) is 11.4. The average Bonchev–Trinajstić information content (AvgIpc) is 2.53. The number of ether oxygens (including phenoxy) is 1. The van der Waals surface area contributed by atoms with Crippen molar-refractivity contribution in [2.24, 2.45) is 5.73 Å². The molecule has 0 aliphatic carbocycles. The summed E-state index contributed by atoms with van der Waals surface area (Å²) in [5.74, 6) is 0.838. The highest BCUT2D eigenvalue weighted by atomic mass is 79.9. The van der Waals surface area contributed by atoms with E-state index in [0.29, 0.717) is 13.2 Å². The molecule has 0 aliphatic heterocycles. The minimum absolute atomic E-state index is 0.440. The maximum absolute atomic E-state index is 5.81. The van der Waals surface area contributed by atoms with E-state index in [2.05, 4.69) is 39.1 Å². The second-order valence-corrected chi connectivity index (χ2v) is 5.68. The third-order valence-corrected chi connectivity index (χ3v) is 3.73. The molecule has 21 heavy (non-hydrogen) atoms. The van der Waals surface area contributed by atoms with Crippen LogP contribution < -0.4 is 10.5 Å². The molecule has 2 aromatic carbocycles. The van der Waals surface area contributed by atoms with E-state index in [-0.39, 0.29) is 0 Å². The van der Waals surface area contributed by atoms with Gasteiger partial charge in [0.15, 0.2) is 0 Å². The van der Waals surface area contributed by atoms with Crippen molar-refractivity contribution in [3.8, 4) is 5.75 Å². The number of hydrogen-bond donors (Lipinski definition) is 1. The van der Waals surface area contributed by atoms with Crippen molar-refractivity contribution in [3.05, 3.63) is 70.5 Å². The normalized spacial score (nSPS) is 10.8. The van der Waals surface area contributed by atoms with E-state index in [1.165, 1.54) is 5.39 Å². The topological polar surface area (TPSA) is 48.1 Å². The maximum atomic E-state index is 5.81. The number of aromatic nitrogens is 1. The van der Waals surface area contributed by atoms with Crippen molar-refractivity contribution in [3.63, 3.8) is 0 Å². The summed E-state index contributed by atoms with van der Waals surface area (Å²) in [5, 5.41) is 2.33. The predicted molar refractivity (Wildman–Crippen MR) is 88.1 cm³/mol. The number of fused-ring (bicyclic) bond motifs is 1. The van der Waals surface area contributed by atoms with Crippen LogP contribution in [0.15, 0.2) is 59.1 Å². The van der Waals surface area contributed by atoms with Gasteiger partial charge >= 0.3 is 0 Å². The molecule has 1 aromatic heterocycles. The van der Waals surface area contributed by atoms with Crippen LogP contribution in [-0.2, 0) is 13.2 Å². The van der Waals surface area contributed by atoms with Crippen LogP contribution >= 0.6 is 15.9 Å². The first kappa shape index (κ1) is 14.0. The number of halogens is 1. The Kier molecular flexibility index (Phi) is 4.18. The van der Waals surface area contributed by atoms with E-state index >= 15 is 0 Å². The first-order valence-electron chi connectivity index (χ1n) is 6.71. The van der Waals surface area contributed by atoms with Gasteiger partial charge < -0.3 is 10.5 Å². The van der Waals surface area contributed by atoms with Crippen molar-refractivity contribution < 1.29 is 4.74 Å². The van der Waals surface area contributed by atoms with Gasteiger partial charge in [-0.2, -0.15) is 0 Å². The number of nitrogens with zero attached hydrogens (tertiary/aromatic N) is 1. The Balaban J connectivity index is 1.77. The zero-order chi connectivity index (χ0) is 14.7. The molecule has 3 rings (SSSR count). The standard InChI is InChI=1S/C17H15BrN2O/c18-14-6-4-13-9-17(7-5-12(13)8-14)21-11-16-3-1-2-15(10-19)20-16/h1-9H,10-11,19H2. The smallest absolute Gasteiger partial charge is 0.130 e. The molecule has 0 atom stereocenters. The van der Waals surface area contributed by atoms with Crippen LogP contribution in [0.4, 0.5) is 0 Å². The molecule has 0 saturated heterocycles. The Morgan fingerprint density at radius 1 is 0.952 bits per heavy atom. The summed E-state index contributed by atoms with van der Waals surface area (Å²) >= 11 is 3.48. The summed E-state index contributed by atoms with van der Waals surface area (Å²) in [4.78, 5) is 4.42. The van der Waals surface area contributed by atoms with Crippen LogP contribution in [0.25, 0.3) is 10.8 Å². The second-order valence-electron chi connectivity index (χ2n) is 4.77. The number of hydrogen-bond acceptors (Lipinski definition) is 3. The fourth-order valence-corrected chi connectivity index (χ4v) is 2.54.